The normalized spacial score (nSPS) is 21.6. The summed E-state index contributed by atoms with van der Waals surface area (Å²) in [7, 11) is 0. The summed E-state index contributed by atoms with van der Waals surface area (Å²) in [4.78, 5) is 21.8. The van der Waals surface area contributed by atoms with Crippen molar-refractivity contribution in [1.82, 2.24) is 4.90 Å². The molecule has 0 unspecified atom stereocenters. The zero-order chi connectivity index (χ0) is 25.7. The van der Waals surface area contributed by atoms with Gasteiger partial charge in [0.05, 0.1) is 10.9 Å². The average molecular weight is 525 g/mol. The van der Waals surface area contributed by atoms with E-state index in [4.69, 9.17) is 9.73 Å². The number of amides is 1. The summed E-state index contributed by atoms with van der Waals surface area (Å²) in [5, 5.41) is 3.37. The van der Waals surface area contributed by atoms with Gasteiger partial charge in [0.25, 0.3) is 5.91 Å². The van der Waals surface area contributed by atoms with Gasteiger partial charge < -0.3 is 4.74 Å². The van der Waals surface area contributed by atoms with Crippen molar-refractivity contribution >= 4 is 39.7 Å². The van der Waals surface area contributed by atoms with Crippen LogP contribution in [0.2, 0.25) is 0 Å². The highest BCUT2D eigenvalue weighted by molar-refractivity contribution is 8.18. The van der Waals surface area contributed by atoms with Gasteiger partial charge in [-0.2, -0.15) is 0 Å². The SMILES string of the molecule is O=C1C(=Cc2ccccc2OCc2ccc3ccccc3c2)SC(=NC2CCCCC2)N1C1CCCCC1. The summed E-state index contributed by atoms with van der Waals surface area (Å²) >= 11 is 1.57. The van der Waals surface area contributed by atoms with E-state index in [-0.39, 0.29) is 11.9 Å². The molecule has 4 nitrogen and oxygen atoms in total. The second-order valence-corrected chi connectivity index (χ2v) is 11.8. The van der Waals surface area contributed by atoms with E-state index in [0.717, 1.165) is 52.6 Å². The Morgan fingerprint density at radius 3 is 2.37 bits per heavy atom. The Labute approximate surface area is 230 Å². The fourth-order valence-corrected chi connectivity index (χ4v) is 7.07. The maximum Gasteiger partial charge on any atom is 0.267 e. The highest BCUT2D eigenvalue weighted by Crippen LogP contribution is 2.39. The topological polar surface area (TPSA) is 41.9 Å². The second-order valence-electron chi connectivity index (χ2n) is 10.8. The molecule has 0 bridgehead atoms. The third-order valence-corrected chi connectivity index (χ3v) is 9.06. The highest BCUT2D eigenvalue weighted by atomic mass is 32.2. The summed E-state index contributed by atoms with van der Waals surface area (Å²) in [6.07, 6.45) is 13.9. The molecule has 6 rings (SSSR count). The maximum absolute atomic E-state index is 13.8. The Kier molecular flexibility index (Phi) is 7.82. The molecule has 3 aliphatic rings. The second kappa shape index (κ2) is 11.8. The van der Waals surface area contributed by atoms with Crippen molar-refractivity contribution in [2.75, 3.05) is 0 Å². The number of rotatable bonds is 6. The number of aliphatic imine (C=N–C) groups is 1. The Morgan fingerprint density at radius 2 is 1.55 bits per heavy atom. The lowest BCUT2D eigenvalue weighted by Gasteiger charge is -2.31. The van der Waals surface area contributed by atoms with Crippen molar-refractivity contribution in [3.05, 3.63) is 82.8 Å². The number of fused-ring (bicyclic) bond motifs is 1. The first-order valence-electron chi connectivity index (χ1n) is 14.2. The van der Waals surface area contributed by atoms with Crippen LogP contribution in [0, 0.1) is 0 Å². The number of carbonyl (C=O) groups excluding carboxylic acids is 1. The summed E-state index contributed by atoms with van der Waals surface area (Å²) in [6, 6.07) is 23.5. The smallest absolute Gasteiger partial charge is 0.267 e. The fourth-order valence-electron chi connectivity index (χ4n) is 5.97. The lowest BCUT2D eigenvalue weighted by molar-refractivity contribution is -0.124. The van der Waals surface area contributed by atoms with Gasteiger partial charge in [-0.1, -0.05) is 93.1 Å². The predicted octanol–water partition coefficient (Wildman–Crippen LogP) is 8.36. The van der Waals surface area contributed by atoms with E-state index >= 15 is 0 Å². The molecular weight excluding hydrogens is 488 g/mol. The molecule has 38 heavy (non-hydrogen) atoms. The first kappa shape index (κ1) is 25.2. The Balaban J connectivity index is 1.24. The molecule has 2 aliphatic carbocycles. The van der Waals surface area contributed by atoms with Crippen LogP contribution >= 0.6 is 11.8 Å². The number of hydrogen-bond acceptors (Lipinski definition) is 4. The lowest BCUT2D eigenvalue weighted by atomic mass is 9.94. The van der Waals surface area contributed by atoms with E-state index < -0.39 is 0 Å². The number of amidine groups is 1. The Hall–Kier alpha value is -3.05. The number of nitrogens with zero attached hydrogens (tertiary/aromatic N) is 2. The molecule has 3 fully saturated rings. The molecule has 196 valence electrons. The molecule has 0 aromatic heterocycles. The van der Waals surface area contributed by atoms with Gasteiger partial charge in [-0.3, -0.25) is 14.7 Å². The number of carbonyl (C=O) groups is 1. The van der Waals surface area contributed by atoms with Crippen LogP contribution < -0.4 is 4.74 Å². The molecule has 0 N–H and O–H groups in total. The maximum atomic E-state index is 13.8. The fraction of sp³-hybridized carbons (Fsp3) is 0.394. The van der Waals surface area contributed by atoms with Crippen molar-refractivity contribution in [3.8, 4) is 5.75 Å². The van der Waals surface area contributed by atoms with Crippen LogP contribution in [0.5, 0.6) is 5.75 Å². The molecule has 1 aliphatic heterocycles. The molecule has 0 radical (unpaired) electrons. The van der Waals surface area contributed by atoms with Crippen LogP contribution in [0.3, 0.4) is 0 Å². The molecule has 1 amide bonds. The van der Waals surface area contributed by atoms with Crippen molar-refractivity contribution in [1.29, 1.82) is 0 Å². The van der Waals surface area contributed by atoms with Crippen LogP contribution in [0.4, 0.5) is 0 Å². The van der Waals surface area contributed by atoms with Crippen molar-refractivity contribution in [2.45, 2.75) is 82.9 Å². The van der Waals surface area contributed by atoms with Crippen molar-refractivity contribution in [2.24, 2.45) is 4.99 Å². The van der Waals surface area contributed by atoms with Crippen LogP contribution in [-0.2, 0) is 11.4 Å². The number of benzene rings is 3. The number of thioether (sulfide) groups is 1. The van der Waals surface area contributed by atoms with Gasteiger partial charge in [0.1, 0.15) is 12.4 Å². The zero-order valence-corrected chi connectivity index (χ0v) is 22.8. The van der Waals surface area contributed by atoms with E-state index in [1.807, 2.05) is 35.2 Å². The van der Waals surface area contributed by atoms with E-state index in [1.165, 1.54) is 49.3 Å². The predicted molar refractivity (Wildman–Crippen MR) is 158 cm³/mol. The molecule has 0 spiro atoms. The van der Waals surface area contributed by atoms with Crippen molar-refractivity contribution < 1.29 is 9.53 Å². The summed E-state index contributed by atoms with van der Waals surface area (Å²) in [6.45, 7) is 0.481. The molecule has 0 atom stereocenters. The standard InChI is InChI=1S/C33H36N2O2S/c36-32-31(38-33(34-28-14-3-1-4-15-28)35(32)29-16-5-2-6-17-29)22-27-13-9-10-18-30(27)37-23-24-19-20-25-11-7-8-12-26(25)21-24/h7-13,18-22,28-29H,1-6,14-17,23H2. The minimum atomic E-state index is 0.112. The summed E-state index contributed by atoms with van der Waals surface area (Å²) in [5.41, 5.74) is 2.06. The first-order valence-corrected chi connectivity index (χ1v) is 15.1. The zero-order valence-electron chi connectivity index (χ0n) is 22.0. The molecule has 3 aromatic rings. The van der Waals surface area contributed by atoms with Crippen LogP contribution in [0.1, 0.15) is 75.3 Å². The molecule has 2 saturated carbocycles. The van der Waals surface area contributed by atoms with E-state index in [1.54, 1.807) is 11.8 Å². The molecular formula is C33H36N2O2S. The summed E-state index contributed by atoms with van der Waals surface area (Å²) < 4.78 is 6.30. The van der Waals surface area contributed by atoms with Gasteiger partial charge in [0.2, 0.25) is 0 Å². The largest absolute Gasteiger partial charge is 0.488 e. The number of ether oxygens (including phenoxy) is 1. The van der Waals surface area contributed by atoms with E-state index in [9.17, 15) is 4.79 Å². The van der Waals surface area contributed by atoms with E-state index in [2.05, 4.69) is 42.5 Å². The average Bonchev–Trinajstić information content (AvgIpc) is 3.27. The lowest BCUT2D eigenvalue weighted by Crippen LogP contribution is -2.41. The first-order chi connectivity index (χ1) is 18.7. The van der Waals surface area contributed by atoms with Gasteiger partial charge >= 0.3 is 0 Å². The minimum Gasteiger partial charge on any atom is -0.488 e. The highest BCUT2D eigenvalue weighted by Gasteiger charge is 2.39. The van der Waals surface area contributed by atoms with Gasteiger partial charge in [0.15, 0.2) is 5.17 Å². The molecule has 1 saturated heterocycles. The monoisotopic (exact) mass is 524 g/mol. The van der Waals surface area contributed by atoms with Gasteiger partial charge in [-0.25, -0.2) is 0 Å². The Bertz CT molecular complexity index is 1350. The molecule has 1 heterocycles. The van der Waals surface area contributed by atoms with E-state index in [0.29, 0.717) is 12.6 Å². The van der Waals surface area contributed by atoms with Crippen molar-refractivity contribution in [3.63, 3.8) is 0 Å². The third-order valence-electron chi connectivity index (χ3n) is 8.06. The number of hydrogen-bond donors (Lipinski definition) is 0. The number of para-hydroxylation sites is 1. The van der Waals surface area contributed by atoms with Crippen LogP contribution in [0.25, 0.3) is 16.8 Å². The third kappa shape index (κ3) is 5.68. The van der Waals surface area contributed by atoms with Gasteiger partial charge in [-0.15, -0.1) is 0 Å². The summed E-state index contributed by atoms with van der Waals surface area (Å²) in [5.74, 6) is 0.907. The quantitative estimate of drug-likeness (QED) is 0.304. The van der Waals surface area contributed by atoms with Gasteiger partial charge in [0, 0.05) is 11.6 Å². The van der Waals surface area contributed by atoms with Gasteiger partial charge in [-0.05, 0) is 72.0 Å². The van der Waals surface area contributed by atoms with Crippen LogP contribution in [0.15, 0.2) is 76.6 Å². The Morgan fingerprint density at radius 1 is 0.842 bits per heavy atom. The van der Waals surface area contributed by atoms with Crippen LogP contribution in [-0.4, -0.2) is 28.1 Å². The molecule has 3 aromatic carbocycles. The minimum absolute atomic E-state index is 0.112. The molecule has 5 heteroatoms.